The summed E-state index contributed by atoms with van der Waals surface area (Å²) in [6.07, 6.45) is 16.6. The molecule has 156 valence electrons. The fourth-order valence-electron chi connectivity index (χ4n) is 2.69. The second kappa shape index (κ2) is 14.4. The summed E-state index contributed by atoms with van der Waals surface area (Å²) in [5.41, 5.74) is 6.04. The average Bonchev–Trinajstić information content (AvgIpc) is 2.67. The van der Waals surface area contributed by atoms with Gasteiger partial charge in [-0.3, -0.25) is 0 Å². The molecule has 0 unspecified atom stereocenters. The molecule has 0 fully saturated rings. The largest absolute Gasteiger partial charge is 0.458 e. The first-order chi connectivity index (χ1) is 13.9. The molecule has 0 radical (unpaired) electrons. The molecule has 0 amide bonds. The van der Waals surface area contributed by atoms with Gasteiger partial charge in [-0.05, 0) is 71.4 Å². The van der Waals surface area contributed by atoms with Crippen molar-refractivity contribution >= 4 is 5.97 Å². The molecular weight excluding hydrogens is 356 g/mol. The third kappa shape index (κ3) is 13.2. The van der Waals surface area contributed by atoms with E-state index < -0.39 is 0 Å². The van der Waals surface area contributed by atoms with Crippen LogP contribution in [-0.2, 0) is 16.1 Å². The summed E-state index contributed by atoms with van der Waals surface area (Å²) >= 11 is 0. The second-order valence-electron chi connectivity index (χ2n) is 7.76. The van der Waals surface area contributed by atoms with E-state index in [9.17, 15) is 4.79 Å². The number of carbonyl (C=O) groups excluding carboxylic acids is 1. The Morgan fingerprint density at radius 2 is 1.55 bits per heavy atom. The zero-order valence-electron chi connectivity index (χ0n) is 18.7. The number of hydrogen-bond acceptors (Lipinski definition) is 2. The van der Waals surface area contributed by atoms with Crippen LogP contribution in [0.25, 0.3) is 0 Å². The van der Waals surface area contributed by atoms with E-state index in [1.165, 1.54) is 22.8 Å². The Bertz CT molecular complexity index is 770. The second-order valence-corrected chi connectivity index (χ2v) is 7.76. The summed E-state index contributed by atoms with van der Waals surface area (Å²) in [4.78, 5) is 11.9. The summed E-state index contributed by atoms with van der Waals surface area (Å²) in [6, 6.07) is 9.69. The molecule has 0 spiro atoms. The number of allylic oxidation sites excluding steroid dienone is 9. The molecule has 0 atom stereocenters. The quantitative estimate of drug-likeness (QED) is 0.167. The van der Waals surface area contributed by atoms with E-state index in [0.29, 0.717) is 6.61 Å². The first-order valence-corrected chi connectivity index (χ1v) is 10.4. The SMILES string of the molecule is CC(C)=CCCC(C)=CCCC(C)=CC=CC(C)=CC(=O)OCc1ccccc1. The van der Waals surface area contributed by atoms with Crippen LogP contribution in [-0.4, -0.2) is 5.97 Å². The number of esters is 1. The van der Waals surface area contributed by atoms with Gasteiger partial charge in [-0.1, -0.05) is 77.4 Å². The summed E-state index contributed by atoms with van der Waals surface area (Å²) in [5.74, 6) is -0.314. The van der Waals surface area contributed by atoms with Crippen LogP contribution in [0.5, 0.6) is 0 Å². The zero-order chi connectivity index (χ0) is 21.5. The lowest BCUT2D eigenvalue weighted by Gasteiger charge is -2.02. The van der Waals surface area contributed by atoms with Gasteiger partial charge < -0.3 is 4.74 Å². The minimum Gasteiger partial charge on any atom is -0.458 e. The molecule has 0 aliphatic heterocycles. The summed E-state index contributed by atoms with van der Waals surface area (Å²) in [6.45, 7) is 10.8. The highest BCUT2D eigenvalue weighted by atomic mass is 16.5. The summed E-state index contributed by atoms with van der Waals surface area (Å²) in [7, 11) is 0. The fraction of sp³-hybridized carbons (Fsp3) is 0.370. The molecule has 1 aromatic rings. The van der Waals surface area contributed by atoms with Crippen molar-refractivity contribution in [1.82, 2.24) is 0 Å². The van der Waals surface area contributed by atoms with Crippen molar-refractivity contribution in [2.75, 3.05) is 0 Å². The molecule has 0 aliphatic carbocycles. The molecule has 1 aromatic carbocycles. The van der Waals surface area contributed by atoms with Crippen molar-refractivity contribution in [3.63, 3.8) is 0 Å². The van der Waals surface area contributed by atoms with Crippen molar-refractivity contribution in [2.45, 2.75) is 66.9 Å². The third-order valence-electron chi connectivity index (χ3n) is 4.43. The van der Waals surface area contributed by atoms with E-state index in [2.05, 4.69) is 45.9 Å². The Balaban J connectivity index is 2.36. The Hall–Kier alpha value is -2.61. The lowest BCUT2D eigenvalue weighted by molar-refractivity contribution is -0.139. The maximum Gasteiger partial charge on any atom is 0.331 e. The van der Waals surface area contributed by atoms with E-state index in [0.717, 1.165) is 36.8 Å². The fourth-order valence-corrected chi connectivity index (χ4v) is 2.69. The first kappa shape index (κ1) is 24.4. The summed E-state index contributed by atoms with van der Waals surface area (Å²) in [5, 5.41) is 0. The molecule has 0 aliphatic rings. The predicted molar refractivity (Wildman–Crippen MR) is 125 cm³/mol. The molecule has 2 heteroatoms. The molecule has 0 saturated carbocycles. The van der Waals surface area contributed by atoms with Gasteiger partial charge in [-0.2, -0.15) is 0 Å². The van der Waals surface area contributed by atoms with Crippen LogP contribution in [0.4, 0.5) is 0 Å². The van der Waals surface area contributed by atoms with E-state index >= 15 is 0 Å². The van der Waals surface area contributed by atoms with Gasteiger partial charge >= 0.3 is 5.97 Å². The molecule has 0 saturated heterocycles. The third-order valence-corrected chi connectivity index (χ3v) is 4.43. The van der Waals surface area contributed by atoms with Crippen LogP contribution < -0.4 is 0 Å². The van der Waals surface area contributed by atoms with Crippen LogP contribution in [0.15, 0.2) is 89.1 Å². The van der Waals surface area contributed by atoms with Crippen molar-refractivity contribution in [3.05, 3.63) is 94.6 Å². The topological polar surface area (TPSA) is 26.3 Å². The maximum atomic E-state index is 11.9. The van der Waals surface area contributed by atoms with Crippen LogP contribution in [0.3, 0.4) is 0 Å². The van der Waals surface area contributed by atoms with Gasteiger partial charge in [0.2, 0.25) is 0 Å². The van der Waals surface area contributed by atoms with E-state index in [4.69, 9.17) is 4.74 Å². The van der Waals surface area contributed by atoms with Crippen LogP contribution in [0.1, 0.15) is 65.9 Å². The van der Waals surface area contributed by atoms with Gasteiger partial charge in [-0.15, -0.1) is 0 Å². The number of carbonyl (C=O) groups is 1. The van der Waals surface area contributed by atoms with Gasteiger partial charge in [-0.25, -0.2) is 4.79 Å². The Kier molecular flexibility index (Phi) is 12.1. The van der Waals surface area contributed by atoms with Gasteiger partial charge in [0.05, 0.1) is 0 Å². The maximum absolute atomic E-state index is 11.9. The smallest absolute Gasteiger partial charge is 0.331 e. The van der Waals surface area contributed by atoms with Crippen molar-refractivity contribution in [2.24, 2.45) is 0 Å². The highest BCUT2D eigenvalue weighted by Crippen LogP contribution is 2.11. The van der Waals surface area contributed by atoms with Gasteiger partial charge in [0.15, 0.2) is 0 Å². The molecule has 0 N–H and O–H groups in total. The van der Waals surface area contributed by atoms with Crippen molar-refractivity contribution in [1.29, 1.82) is 0 Å². The molecular formula is C27H36O2. The molecule has 1 rings (SSSR count). The Morgan fingerprint density at radius 1 is 0.897 bits per heavy atom. The van der Waals surface area contributed by atoms with E-state index in [-0.39, 0.29) is 5.97 Å². The molecule has 29 heavy (non-hydrogen) atoms. The van der Waals surface area contributed by atoms with Crippen LogP contribution in [0.2, 0.25) is 0 Å². The van der Waals surface area contributed by atoms with Crippen LogP contribution >= 0.6 is 0 Å². The first-order valence-electron chi connectivity index (χ1n) is 10.4. The van der Waals surface area contributed by atoms with Crippen LogP contribution in [0, 0.1) is 0 Å². The average molecular weight is 393 g/mol. The molecule has 0 heterocycles. The number of hydrogen-bond donors (Lipinski definition) is 0. The number of benzene rings is 1. The van der Waals surface area contributed by atoms with Gasteiger partial charge in [0.25, 0.3) is 0 Å². The summed E-state index contributed by atoms with van der Waals surface area (Å²) < 4.78 is 5.27. The van der Waals surface area contributed by atoms with Gasteiger partial charge in [0, 0.05) is 6.08 Å². The van der Waals surface area contributed by atoms with E-state index in [1.54, 1.807) is 0 Å². The number of ether oxygens (including phenoxy) is 1. The normalized spacial score (nSPS) is 12.9. The Morgan fingerprint density at radius 3 is 2.24 bits per heavy atom. The van der Waals surface area contributed by atoms with E-state index in [1.807, 2.05) is 49.4 Å². The molecule has 0 aromatic heterocycles. The Labute approximate surface area is 177 Å². The molecule has 2 nitrogen and oxygen atoms in total. The minimum atomic E-state index is -0.314. The van der Waals surface area contributed by atoms with Gasteiger partial charge in [0.1, 0.15) is 6.61 Å². The highest BCUT2D eigenvalue weighted by molar-refractivity contribution is 5.83. The standard InChI is InChI=1S/C27H36O2/c1-22(2)12-9-13-23(3)14-10-15-24(4)16-11-17-25(5)20-27(28)29-21-26-18-7-6-8-19-26/h6-8,11-12,14,16-20H,9-10,13,15,21H2,1-5H3. The minimum absolute atomic E-state index is 0.299. The predicted octanol–water partition coefficient (Wildman–Crippen LogP) is 7.65. The van der Waals surface area contributed by atoms with Crippen molar-refractivity contribution < 1.29 is 9.53 Å². The monoisotopic (exact) mass is 392 g/mol. The number of rotatable bonds is 11. The molecule has 0 bridgehead atoms. The zero-order valence-corrected chi connectivity index (χ0v) is 18.7. The lowest BCUT2D eigenvalue weighted by Crippen LogP contribution is -2.01. The lowest BCUT2D eigenvalue weighted by atomic mass is 10.1. The highest BCUT2D eigenvalue weighted by Gasteiger charge is 1.99. The van der Waals surface area contributed by atoms with Crippen molar-refractivity contribution in [3.8, 4) is 0 Å².